The fraction of sp³-hybridized carbons (Fsp3) is 0.444. The van der Waals surface area contributed by atoms with Crippen molar-refractivity contribution in [1.82, 2.24) is 4.57 Å². The second-order valence-electron chi connectivity index (χ2n) is 2.77. The van der Waals surface area contributed by atoms with Gasteiger partial charge in [0, 0.05) is 19.3 Å². The van der Waals surface area contributed by atoms with Gasteiger partial charge in [-0.1, -0.05) is 11.6 Å². The number of carbonyl (C=O) groups is 1. The van der Waals surface area contributed by atoms with Gasteiger partial charge >= 0.3 is 5.97 Å². The van der Waals surface area contributed by atoms with Crippen molar-refractivity contribution >= 4 is 17.6 Å². The average Bonchev–Trinajstić information content (AvgIpc) is 2.55. The van der Waals surface area contributed by atoms with Crippen molar-refractivity contribution in [3.05, 3.63) is 23.0 Å². The Morgan fingerprint density at radius 3 is 3.00 bits per heavy atom. The van der Waals surface area contributed by atoms with Crippen LogP contribution in [0.3, 0.4) is 0 Å². The van der Waals surface area contributed by atoms with Crippen LogP contribution in [0.15, 0.2) is 12.3 Å². The van der Waals surface area contributed by atoms with Crippen LogP contribution >= 0.6 is 11.6 Å². The number of nitrogens with zero attached hydrogens (tertiary/aromatic N) is 1. The number of aliphatic hydroxyl groups is 1. The molecule has 1 aromatic heterocycles. The van der Waals surface area contributed by atoms with Gasteiger partial charge in [-0.15, -0.1) is 0 Å². The third-order valence-electron chi connectivity index (χ3n) is 1.85. The number of aryl methyl sites for hydroxylation is 1. The molecule has 0 spiro atoms. The summed E-state index contributed by atoms with van der Waals surface area (Å²) in [6.07, 6.45) is 2.28. The Bertz CT molecular complexity index is 322. The zero-order chi connectivity index (χ0) is 10.6. The van der Waals surface area contributed by atoms with Crippen molar-refractivity contribution in [2.24, 2.45) is 0 Å². The summed E-state index contributed by atoms with van der Waals surface area (Å²) in [4.78, 5) is 11.3. The van der Waals surface area contributed by atoms with E-state index in [1.807, 2.05) is 0 Å². The normalized spacial score (nSPS) is 10.2. The van der Waals surface area contributed by atoms with Crippen molar-refractivity contribution in [3.8, 4) is 0 Å². The smallest absolute Gasteiger partial charge is 0.356 e. The lowest BCUT2D eigenvalue weighted by Crippen LogP contribution is -2.11. The van der Waals surface area contributed by atoms with Crippen LogP contribution in [0.2, 0.25) is 5.02 Å². The zero-order valence-electron chi connectivity index (χ0n) is 7.86. The highest BCUT2D eigenvalue weighted by atomic mass is 35.5. The molecule has 78 valence electrons. The van der Waals surface area contributed by atoms with Crippen LogP contribution in [0.1, 0.15) is 16.9 Å². The summed E-state index contributed by atoms with van der Waals surface area (Å²) >= 11 is 5.81. The van der Waals surface area contributed by atoms with Crippen molar-refractivity contribution in [1.29, 1.82) is 0 Å². The highest BCUT2D eigenvalue weighted by Crippen LogP contribution is 2.18. The lowest BCUT2D eigenvalue weighted by molar-refractivity contribution is 0.0588. The molecule has 0 saturated carbocycles. The molecular formula is C9H12ClNO3. The van der Waals surface area contributed by atoms with Crippen LogP contribution in [-0.4, -0.2) is 29.4 Å². The lowest BCUT2D eigenvalue weighted by Gasteiger charge is -2.06. The summed E-state index contributed by atoms with van der Waals surface area (Å²) < 4.78 is 6.26. The fourth-order valence-corrected chi connectivity index (χ4v) is 1.43. The van der Waals surface area contributed by atoms with E-state index in [4.69, 9.17) is 16.7 Å². The first-order chi connectivity index (χ1) is 6.70. The Kier molecular flexibility index (Phi) is 3.98. The molecule has 4 nitrogen and oxygen atoms in total. The zero-order valence-corrected chi connectivity index (χ0v) is 8.62. The number of aromatic nitrogens is 1. The molecule has 0 amide bonds. The summed E-state index contributed by atoms with van der Waals surface area (Å²) in [5.41, 5.74) is 0.336. The second-order valence-corrected chi connectivity index (χ2v) is 3.18. The van der Waals surface area contributed by atoms with E-state index in [-0.39, 0.29) is 6.61 Å². The van der Waals surface area contributed by atoms with E-state index in [1.165, 1.54) is 7.11 Å². The largest absolute Gasteiger partial charge is 0.464 e. The van der Waals surface area contributed by atoms with Gasteiger partial charge in [0.25, 0.3) is 0 Å². The minimum Gasteiger partial charge on any atom is -0.464 e. The maximum atomic E-state index is 11.3. The van der Waals surface area contributed by atoms with Gasteiger partial charge in [-0.2, -0.15) is 0 Å². The molecule has 0 radical (unpaired) electrons. The van der Waals surface area contributed by atoms with Crippen LogP contribution in [-0.2, 0) is 11.3 Å². The lowest BCUT2D eigenvalue weighted by atomic mass is 10.4. The van der Waals surface area contributed by atoms with E-state index >= 15 is 0 Å². The minimum absolute atomic E-state index is 0.0798. The molecule has 1 aromatic rings. The van der Waals surface area contributed by atoms with Gasteiger partial charge < -0.3 is 14.4 Å². The van der Waals surface area contributed by atoms with Crippen LogP contribution in [0.25, 0.3) is 0 Å². The van der Waals surface area contributed by atoms with E-state index in [1.54, 1.807) is 16.8 Å². The predicted octanol–water partition coefficient (Wildman–Crippen LogP) is 1.31. The van der Waals surface area contributed by atoms with Crippen LogP contribution in [0, 0.1) is 0 Å². The molecule has 1 rings (SSSR count). The maximum absolute atomic E-state index is 11.3. The number of carbonyl (C=O) groups excluding carboxylic acids is 1. The summed E-state index contributed by atoms with van der Waals surface area (Å²) in [5.74, 6) is -0.460. The number of hydrogen-bond donors (Lipinski definition) is 1. The molecule has 0 aliphatic rings. The van der Waals surface area contributed by atoms with Gasteiger partial charge in [0.2, 0.25) is 0 Å². The molecule has 0 aliphatic carbocycles. The Morgan fingerprint density at radius 2 is 2.43 bits per heavy atom. The molecule has 0 aromatic carbocycles. The van der Waals surface area contributed by atoms with Crippen molar-refractivity contribution < 1.29 is 14.6 Å². The van der Waals surface area contributed by atoms with Gasteiger partial charge in [0.15, 0.2) is 0 Å². The van der Waals surface area contributed by atoms with Gasteiger partial charge in [-0.25, -0.2) is 4.79 Å². The Morgan fingerprint density at radius 1 is 1.71 bits per heavy atom. The molecule has 0 bridgehead atoms. The summed E-state index contributed by atoms with van der Waals surface area (Å²) in [5, 5.41) is 9.03. The highest BCUT2D eigenvalue weighted by molar-refractivity contribution is 6.33. The third kappa shape index (κ3) is 2.27. The van der Waals surface area contributed by atoms with Gasteiger partial charge in [0.1, 0.15) is 5.69 Å². The van der Waals surface area contributed by atoms with Crippen molar-refractivity contribution in [2.75, 3.05) is 13.7 Å². The molecule has 0 unspecified atom stereocenters. The van der Waals surface area contributed by atoms with Crippen molar-refractivity contribution in [3.63, 3.8) is 0 Å². The Balaban J connectivity index is 2.88. The minimum atomic E-state index is -0.460. The number of hydrogen-bond acceptors (Lipinski definition) is 3. The first kappa shape index (κ1) is 11.1. The topological polar surface area (TPSA) is 51.5 Å². The fourth-order valence-electron chi connectivity index (χ4n) is 1.18. The first-order valence-electron chi connectivity index (χ1n) is 4.24. The molecule has 0 saturated heterocycles. The summed E-state index contributed by atoms with van der Waals surface area (Å²) in [6, 6.07) is 1.63. The van der Waals surface area contributed by atoms with E-state index < -0.39 is 5.97 Å². The quantitative estimate of drug-likeness (QED) is 0.774. The molecular weight excluding hydrogens is 206 g/mol. The van der Waals surface area contributed by atoms with Crippen LogP contribution < -0.4 is 0 Å². The number of rotatable bonds is 4. The van der Waals surface area contributed by atoms with Crippen LogP contribution in [0.5, 0.6) is 0 Å². The molecule has 1 heterocycles. The second kappa shape index (κ2) is 5.02. The van der Waals surface area contributed by atoms with Gasteiger partial charge in [0.05, 0.1) is 12.1 Å². The number of halogens is 1. The molecule has 0 aliphatic heterocycles. The Hall–Kier alpha value is -1.00. The number of esters is 1. The third-order valence-corrected chi connectivity index (χ3v) is 2.16. The standard InChI is InChI=1S/C9H12ClNO3/c1-14-9(13)8-7(10)3-5-11(8)4-2-6-12/h3,5,12H,2,4,6H2,1H3. The molecule has 1 N–H and O–H groups in total. The van der Waals surface area contributed by atoms with Crippen molar-refractivity contribution in [2.45, 2.75) is 13.0 Å². The van der Waals surface area contributed by atoms with E-state index in [0.29, 0.717) is 23.7 Å². The average molecular weight is 218 g/mol. The number of ether oxygens (including phenoxy) is 1. The van der Waals surface area contributed by atoms with Crippen LogP contribution in [0.4, 0.5) is 0 Å². The van der Waals surface area contributed by atoms with E-state index in [9.17, 15) is 4.79 Å². The van der Waals surface area contributed by atoms with E-state index in [2.05, 4.69) is 4.74 Å². The SMILES string of the molecule is COC(=O)c1c(Cl)ccn1CCCO. The molecule has 14 heavy (non-hydrogen) atoms. The van der Waals surface area contributed by atoms with Gasteiger partial charge in [-0.05, 0) is 12.5 Å². The molecule has 0 atom stereocenters. The highest BCUT2D eigenvalue weighted by Gasteiger charge is 2.15. The Labute approximate surface area is 87.0 Å². The molecule has 5 heteroatoms. The predicted molar refractivity (Wildman–Crippen MR) is 52.5 cm³/mol. The monoisotopic (exact) mass is 217 g/mol. The summed E-state index contributed by atoms with van der Waals surface area (Å²) in [7, 11) is 1.31. The number of aliphatic hydroxyl groups excluding tert-OH is 1. The summed E-state index contributed by atoms with van der Waals surface area (Å²) in [6.45, 7) is 0.629. The first-order valence-corrected chi connectivity index (χ1v) is 4.62. The maximum Gasteiger partial charge on any atom is 0.356 e. The number of methoxy groups -OCH3 is 1. The van der Waals surface area contributed by atoms with Gasteiger partial charge in [-0.3, -0.25) is 0 Å². The van der Waals surface area contributed by atoms with E-state index in [0.717, 1.165) is 0 Å². The molecule has 0 fully saturated rings.